The molecule has 0 atom stereocenters. The zero-order valence-corrected chi connectivity index (χ0v) is 17.2. The average Bonchev–Trinajstić information content (AvgIpc) is 3.55. The van der Waals surface area contributed by atoms with Crippen molar-refractivity contribution in [2.75, 3.05) is 18.0 Å². The summed E-state index contributed by atoms with van der Waals surface area (Å²) in [5.74, 6) is 0.459. The van der Waals surface area contributed by atoms with Crippen molar-refractivity contribution >= 4 is 27.9 Å². The molecule has 1 aliphatic heterocycles. The minimum atomic E-state index is -0.300. The van der Waals surface area contributed by atoms with E-state index in [1.807, 2.05) is 35.0 Å². The van der Waals surface area contributed by atoms with E-state index in [-0.39, 0.29) is 17.5 Å². The van der Waals surface area contributed by atoms with Gasteiger partial charge in [0.1, 0.15) is 11.3 Å². The van der Waals surface area contributed by atoms with Crippen LogP contribution in [0.25, 0.3) is 16.4 Å². The van der Waals surface area contributed by atoms with Crippen LogP contribution in [0.2, 0.25) is 0 Å². The highest BCUT2D eigenvalue weighted by Gasteiger charge is 2.34. The van der Waals surface area contributed by atoms with Crippen molar-refractivity contribution in [1.29, 1.82) is 0 Å². The third-order valence-electron chi connectivity index (χ3n) is 6.79. The molecule has 4 aromatic rings. The summed E-state index contributed by atoms with van der Waals surface area (Å²) in [7, 11) is 0. The fourth-order valence-corrected chi connectivity index (χ4v) is 5.00. The maximum Gasteiger partial charge on any atom is 0.168 e. The normalized spacial score (nSPS) is 17.5. The molecule has 0 amide bonds. The molecule has 5 nitrogen and oxygen atoms in total. The highest BCUT2D eigenvalue weighted by molar-refractivity contribution is 6.05. The minimum absolute atomic E-state index is 0.000289. The van der Waals surface area contributed by atoms with E-state index in [1.165, 1.54) is 11.6 Å². The largest absolute Gasteiger partial charge is 0.371 e. The second-order valence-corrected chi connectivity index (χ2v) is 8.70. The Bertz CT molecular complexity index is 1300. The van der Waals surface area contributed by atoms with Gasteiger partial charge in [-0.25, -0.2) is 9.37 Å². The van der Waals surface area contributed by atoms with Crippen molar-refractivity contribution in [3.63, 3.8) is 0 Å². The van der Waals surface area contributed by atoms with Gasteiger partial charge in [0, 0.05) is 48.0 Å². The molecule has 1 aliphatic carbocycles. The number of anilines is 1. The summed E-state index contributed by atoms with van der Waals surface area (Å²) < 4.78 is 16.1. The Hall–Kier alpha value is -3.28. The Labute approximate surface area is 179 Å². The quantitative estimate of drug-likeness (QED) is 0.441. The monoisotopic (exact) mass is 414 g/mol. The molecule has 0 spiro atoms. The molecule has 1 saturated heterocycles. The van der Waals surface area contributed by atoms with Gasteiger partial charge in [-0.1, -0.05) is 0 Å². The third-order valence-corrected chi connectivity index (χ3v) is 6.79. The lowest BCUT2D eigenvalue weighted by Crippen LogP contribution is -2.36. The van der Waals surface area contributed by atoms with Gasteiger partial charge < -0.3 is 9.30 Å². The number of hydrogen-bond donors (Lipinski definition) is 0. The number of nitrogens with zero attached hydrogens (tertiary/aromatic N) is 4. The highest BCUT2D eigenvalue weighted by Crippen LogP contribution is 2.43. The fourth-order valence-electron chi connectivity index (χ4n) is 5.00. The standard InChI is InChI=1S/C25H23FN4O/c26-20-5-6-21(19-2-1-10-28-24(19)20)29-11-7-17(8-12-29)25(31)23-18(16-3-4-16)9-13-30-15-27-14-22(23)30/h1-2,5-6,9-10,13-17H,3-4,7-8,11-12H2. The lowest BCUT2D eigenvalue weighted by Gasteiger charge is -2.34. The van der Waals surface area contributed by atoms with E-state index < -0.39 is 0 Å². The summed E-state index contributed by atoms with van der Waals surface area (Å²) in [6.07, 6.45) is 11.1. The second-order valence-electron chi connectivity index (χ2n) is 8.70. The molecule has 1 aromatic carbocycles. The maximum absolute atomic E-state index is 14.2. The minimum Gasteiger partial charge on any atom is -0.371 e. The molecular weight excluding hydrogens is 391 g/mol. The number of pyridine rings is 2. The number of halogens is 1. The van der Waals surface area contributed by atoms with Crippen LogP contribution in [0.15, 0.2) is 55.2 Å². The van der Waals surface area contributed by atoms with Gasteiger partial charge in [0.25, 0.3) is 0 Å². The van der Waals surface area contributed by atoms with Crippen molar-refractivity contribution in [1.82, 2.24) is 14.4 Å². The first-order valence-corrected chi connectivity index (χ1v) is 11.0. The molecule has 6 heteroatoms. The number of carbonyl (C=O) groups excluding carboxylic acids is 1. The summed E-state index contributed by atoms with van der Waals surface area (Å²) in [5.41, 5.74) is 4.38. The lowest BCUT2D eigenvalue weighted by atomic mass is 9.86. The van der Waals surface area contributed by atoms with Gasteiger partial charge in [0.15, 0.2) is 5.78 Å². The van der Waals surface area contributed by atoms with Crippen LogP contribution in [0.5, 0.6) is 0 Å². The first kappa shape index (κ1) is 18.5. The van der Waals surface area contributed by atoms with Crippen molar-refractivity contribution in [2.24, 2.45) is 5.92 Å². The van der Waals surface area contributed by atoms with Crippen molar-refractivity contribution in [2.45, 2.75) is 31.6 Å². The average molecular weight is 414 g/mol. The van der Waals surface area contributed by atoms with E-state index in [0.717, 1.165) is 60.9 Å². The molecule has 2 aliphatic rings. The predicted molar refractivity (Wildman–Crippen MR) is 118 cm³/mol. The molecule has 156 valence electrons. The van der Waals surface area contributed by atoms with E-state index in [4.69, 9.17) is 0 Å². The van der Waals surface area contributed by atoms with E-state index in [2.05, 4.69) is 20.9 Å². The predicted octanol–water partition coefficient (Wildman–Crippen LogP) is 5.00. The number of carbonyl (C=O) groups is 1. The Morgan fingerprint density at radius 3 is 2.71 bits per heavy atom. The van der Waals surface area contributed by atoms with Gasteiger partial charge in [-0.3, -0.25) is 9.78 Å². The Kier molecular flexibility index (Phi) is 4.26. The zero-order valence-electron chi connectivity index (χ0n) is 17.2. The van der Waals surface area contributed by atoms with Gasteiger partial charge >= 0.3 is 0 Å². The number of benzene rings is 1. The molecule has 0 N–H and O–H groups in total. The van der Waals surface area contributed by atoms with Gasteiger partial charge in [0.05, 0.1) is 18.0 Å². The number of ketones is 1. The van der Waals surface area contributed by atoms with E-state index in [9.17, 15) is 9.18 Å². The Balaban J connectivity index is 1.28. The van der Waals surface area contributed by atoms with E-state index in [0.29, 0.717) is 11.4 Å². The maximum atomic E-state index is 14.2. The smallest absolute Gasteiger partial charge is 0.168 e. The van der Waals surface area contributed by atoms with Crippen molar-refractivity contribution in [3.8, 4) is 0 Å². The van der Waals surface area contributed by atoms with E-state index >= 15 is 0 Å². The number of piperidine rings is 1. The SMILES string of the molecule is O=C(c1c(C2CC2)ccn2cncc12)C1CCN(c2ccc(F)c3ncccc23)CC1. The molecule has 0 radical (unpaired) electrons. The van der Waals surface area contributed by atoms with Gasteiger partial charge in [-0.2, -0.15) is 0 Å². The molecule has 31 heavy (non-hydrogen) atoms. The second kappa shape index (κ2) is 7.15. The van der Waals surface area contributed by atoms with Gasteiger partial charge in [-0.05, 0) is 67.5 Å². The van der Waals surface area contributed by atoms with Crippen LogP contribution >= 0.6 is 0 Å². The molecule has 4 heterocycles. The van der Waals surface area contributed by atoms with Crippen LogP contribution < -0.4 is 4.90 Å². The summed E-state index contributed by atoms with van der Waals surface area (Å²) in [5, 5.41) is 0.826. The molecule has 0 bridgehead atoms. The topological polar surface area (TPSA) is 50.5 Å². The Morgan fingerprint density at radius 1 is 1.06 bits per heavy atom. The first-order chi connectivity index (χ1) is 15.2. The number of rotatable bonds is 4. The van der Waals surface area contributed by atoms with Crippen LogP contribution in [0.1, 0.15) is 47.5 Å². The molecule has 2 fully saturated rings. The first-order valence-electron chi connectivity index (χ1n) is 11.0. The summed E-state index contributed by atoms with van der Waals surface area (Å²) >= 11 is 0. The summed E-state index contributed by atoms with van der Waals surface area (Å²) in [6.45, 7) is 1.54. The van der Waals surface area contributed by atoms with Gasteiger partial charge in [-0.15, -0.1) is 0 Å². The van der Waals surface area contributed by atoms with Crippen molar-refractivity contribution in [3.05, 3.63) is 72.2 Å². The number of Topliss-reactive ketones (excluding diaryl/α,β-unsaturated/α-hetero) is 1. The number of fused-ring (bicyclic) bond motifs is 2. The fraction of sp³-hybridized carbons (Fsp3) is 0.320. The highest BCUT2D eigenvalue weighted by atomic mass is 19.1. The van der Waals surface area contributed by atoms with Crippen LogP contribution in [0, 0.1) is 11.7 Å². The molecule has 0 unspecified atom stereocenters. The van der Waals surface area contributed by atoms with Gasteiger partial charge in [0.2, 0.25) is 0 Å². The number of imidazole rings is 1. The molecule has 1 saturated carbocycles. The number of aromatic nitrogens is 3. The third kappa shape index (κ3) is 3.09. The van der Waals surface area contributed by atoms with Crippen LogP contribution in [0.3, 0.4) is 0 Å². The summed E-state index contributed by atoms with van der Waals surface area (Å²) in [4.78, 5) is 24.4. The summed E-state index contributed by atoms with van der Waals surface area (Å²) in [6, 6.07) is 9.18. The molecular formula is C25H23FN4O. The van der Waals surface area contributed by atoms with Crippen molar-refractivity contribution < 1.29 is 9.18 Å². The van der Waals surface area contributed by atoms with Crippen LogP contribution in [0.4, 0.5) is 10.1 Å². The van der Waals surface area contributed by atoms with Crippen LogP contribution in [-0.2, 0) is 0 Å². The molecule has 3 aromatic heterocycles. The Morgan fingerprint density at radius 2 is 1.90 bits per heavy atom. The lowest BCUT2D eigenvalue weighted by molar-refractivity contribution is 0.0901. The number of hydrogen-bond acceptors (Lipinski definition) is 4. The zero-order chi connectivity index (χ0) is 20.9. The molecule has 6 rings (SSSR count). The van der Waals surface area contributed by atoms with Crippen LogP contribution in [-0.4, -0.2) is 33.2 Å². The van der Waals surface area contributed by atoms with E-state index in [1.54, 1.807) is 12.5 Å².